The molecule has 0 radical (unpaired) electrons. The average molecular weight is 430 g/mol. The molecule has 1 N–H and O–H groups in total. The maximum absolute atomic E-state index is 12.9. The Balaban J connectivity index is 1.92. The van der Waals surface area contributed by atoms with Gasteiger partial charge in [0.15, 0.2) is 11.3 Å². The number of pyridine rings is 1. The molecule has 3 heterocycles. The van der Waals surface area contributed by atoms with Crippen molar-refractivity contribution in [2.45, 2.75) is 19.5 Å². The lowest BCUT2D eigenvalue weighted by atomic mass is 10.1. The van der Waals surface area contributed by atoms with Crippen LogP contribution in [-0.4, -0.2) is 26.8 Å². The van der Waals surface area contributed by atoms with E-state index in [1.165, 1.54) is 11.8 Å². The van der Waals surface area contributed by atoms with Gasteiger partial charge in [-0.15, -0.1) is 5.10 Å². The maximum Gasteiger partial charge on any atom is 0.276 e. The highest BCUT2D eigenvalue weighted by Gasteiger charge is 2.34. The Morgan fingerprint density at radius 3 is 3.00 bits per heavy atom. The zero-order chi connectivity index (χ0) is 18.1. The highest BCUT2D eigenvalue weighted by Crippen LogP contribution is 2.30. The number of amidine groups is 1. The lowest BCUT2D eigenvalue weighted by molar-refractivity contribution is -0.116. The minimum atomic E-state index is -0.421. The summed E-state index contributed by atoms with van der Waals surface area (Å²) in [5, 5.41) is 11.4. The van der Waals surface area contributed by atoms with Gasteiger partial charge < -0.3 is 0 Å². The second-order valence-electron chi connectivity index (χ2n) is 5.85. The largest absolute Gasteiger partial charge is 0.298 e. The third-order valence-corrected chi connectivity index (χ3v) is 5.56. The summed E-state index contributed by atoms with van der Waals surface area (Å²) < 4.78 is 0.890. The van der Waals surface area contributed by atoms with Crippen LogP contribution >= 0.6 is 27.7 Å². The van der Waals surface area contributed by atoms with Crippen LogP contribution in [0.25, 0.3) is 5.70 Å². The molecule has 0 aliphatic carbocycles. The number of carbonyl (C=O) groups excluding carboxylic acids is 1. The Labute approximate surface area is 163 Å². The Bertz CT molecular complexity index is 1010. The quantitative estimate of drug-likeness (QED) is 0.810. The van der Waals surface area contributed by atoms with Crippen LogP contribution in [0.15, 0.2) is 57.3 Å². The molecule has 0 bridgehead atoms. The number of aromatic nitrogens is 1. The molecule has 0 saturated carbocycles. The van der Waals surface area contributed by atoms with Gasteiger partial charge in [0.05, 0.1) is 5.36 Å². The number of nitrogens with one attached hydrogen (secondary N) is 1. The summed E-state index contributed by atoms with van der Waals surface area (Å²) in [5.41, 5.74) is 1.39. The van der Waals surface area contributed by atoms with Gasteiger partial charge in [0.2, 0.25) is 0 Å². The van der Waals surface area contributed by atoms with E-state index in [9.17, 15) is 4.79 Å². The molecule has 0 fully saturated rings. The van der Waals surface area contributed by atoms with E-state index in [0.29, 0.717) is 10.9 Å². The molecule has 1 amide bonds. The molecule has 2 aromatic rings. The molecule has 1 atom stereocenters. The van der Waals surface area contributed by atoms with E-state index in [2.05, 4.69) is 38.3 Å². The standard InChI is InChI=1S/C18H16BrN5OS/c1-2-8-26-18-22-17(25)15-13-9-12(19)5-6-14(13)21-16(24(15)23-18)11-4-3-7-20-10-11/h3-7,9-10,16H,2,8H2,1H3,(H,22,23,25). The number of nitrogens with zero attached hydrogens (tertiary/aromatic N) is 4. The van der Waals surface area contributed by atoms with E-state index in [4.69, 9.17) is 4.99 Å². The zero-order valence-corrected chi connectivity index (χ0v) is 16.4. The van der Waals surface area contributed by atoms with Gasteiger partial charge in [-0.1, -0.05) is 40.7 Å². The Hall–Kier alpha value is -2.19. The van der Waals surface area contributed by atoms with Gasteiger partial charge in [0.1, 0.15) is 5.70 Å². The topological polar surface area (TPSA) is 70.0 Å². The second kappa shape index (κ2) is 7.20. The SMILES string of the molecule is CCCSC1=NN2C(=c3cc(Br)ccc3=NC2c2cccnc2)C(=O)N1. The number of amides is 1. The third-order valence-electron chi connectivity index (χ3n) is 4.00. The van der Waals surface area contributed by atoms with E-state index >= 15 is 0 Å². The van der Waals surface area contributed by atoms with Crippen molar-refractivity contribution in [1.29, 1.82) is 0 Å². The molecule has 26 heavy (non-hydrogen) atoms. The number of thioether (sulfide) groups is 1. The molecule has 8 heteroatoms. The lowest BCUT2D eigenvalue weighted by Crippen LogP contribution is -2.50. The van der Waals surface area contributed by atoms with Crippen molar-refractivity contribution in [2.75, 3.05) is 5.75 Å². The van der Waals surface area contributed by atoms with Gasteiger partial charge in [-0.3, -0.25) is 20.1 Å². The summed E-state index contributed by atoms with van der Waals surface area (Å²) in [6.07, 6.45) is 4.06. The molecule has 132 valence electrons. The summed E-state index contributed by atoms with van der Waals surface area (Å²) in [4.78, 5) is 21.9. The monoisotopic (exact) mass is 429 g/mol. The molecule has 4 rings (SSSR count). The average Bonchev–Trinajstić information content (AvgIpc) is 2.66. The number of benzene rings is 1. The summed E-state index contributed by atoms with van der Waals surface area (Å²) in [6.45, 7) is 2.10. The van der Waals surface area contributed by atoms with Crippen LogP contribution in [0.4, 0.5) is 0 Å². The fourth-order valence-electron chi connectivity index (χ4n) is 2.86. The Morgan fingerprint density at radius 2 is 2.23 bits per heavy atom. The first-order chi connectivity index (χ1) is 12.7. The van der Waals surface area contributed by atoms with Crippen molar-refractivity contribution in [3.63, 3.8) is 0 Å². The normalized spacial score (nSPS) is 18.5. The van der Waals surface area contributed by atoms with E-state index < -0.39 is 6.17 Å². The van der Waals surface area contributed by atoms with Crippen LogP contribution in [0, 0.1) is 0 Å². The van der Waals surface area contributed by atoms with Crippen molar-refractivity contribution >= 4 is 44.5 Å². The van der Waals surface area contributed by atoms with Crippen molar-refractivity contribution in [3.05, 3.63) is 63.3 Å². The predicted molar refractivity (Wildman–Crippen MR) is 105 cm³/mol. The minimum Gasteiger partial charge on any atom is -0.298 e. The number of hydrogen-bond acceptors (Lipinski definition) is 6. The number of halogens is 1. The van der Waals surface area contributed by atoms with Gasteiger partial charge in [-0.2, -0.15) is 0 Å². The number of carbonyl (C=O) groups is 1. The predicted octanol–water partition coefficient (Wildman–Crippen LogP) is 2.13. The summed E-state index contributed by atoms with van der Waals surface area (Å²) in [6, 6.07) is 9.54. The fraction of sp³-hybridized carbons (Fsp3) is 0.222. The first-order valence-electron chi connectivity index (χ1n) is 8.27. The molecule has 1 unspecified atom stereocenters. The third kappa shape index (κ3) is 3.14. The van der Waals surface area contributed by atoms with E-state index in [-0.39, 0.29) is 5.91 Å². The van der Waals surface area contributed by atoms with Crippen LogP contribution in [-0.2, 0) is 4.79 Å². The van der Waals surface area contributed by atoms with Crippen molar-refractivity contribution in [1.82, 2.24) is 15.3 Å². The number of rotatable bonds is 3. The van der Waals surface area contributed by atoms with Crippen LogP contribution in [0.3, 0.4) is 0 Å². The Kier molecular flexibility index (Phi) is 4.78. The van der Waals surface area contributed by atoms with E-state index in [1.807, 2.05) is 30.3 Å². The van der Waals surface area contributed by atoms with Crippen LogP contribution in [0.2, 0.25) is 0 Å². The first kappa shape index (κ1) is 17.2. The molecule has 0 spiro atoms. The maximum atomic E-state index is 12.9. The van der Waals surface area contributed by atoms with Gasteiger partial charge in [-0.05, 0) is 30.7 Å². The molecular formula is C18H16BrN5OS. The van der Waals surface area contributed by atoms with Crippen molar-refractivity contribution in [3.8, 4) is 0 Å². The molecular weight excluding hydrogens is 414 g/mol. The highest BCUT2D eigenvalue weighted by atomic mass is 79.9. The number of hydrogen-bond donors (Lipinski definition) is 1. The van der Waals surface area contributed by atoms with Gasteiger partial charge >= 0.3 is 0 Å². The molecule has 2 aliphatic rings. The number of hydrazone groups is 1. The van der Waals surface area contributed by atoms with E-state index in [1.54, 1.807) is 17.4 Å². The summed E-state index contributed by atoms with van der Waals surface area (Å²) >= 11 is 5.01. The Morgan fingerprint density at radius 1 is 1.35 bits per heavy atom. The smallest absolute Gasteiger partial charge is 0.276 e. The molecule has 1 aromatic carbocycles. The molecule has 2 aliphatic heterocycles. The first-order valence-corrected chi connectivity index (χ1v) is 10.0. The highest BCUT2D eigenvalue weighted by molar-refractivity contribution is 9.10. The van der Waals surface area contributed by atoms with E-state index in [0.717, 1.165) is 32.8 Å². The van der Waals surface area contributed by atoms with Gasteiger partial charge in [-0.25, -0.2) is 5.01 Å². The number of fused-ring (bicyclic) bond motifs is 2. The van der Waals surface area contributed by atoms with Crippen molar-refractivity contribution in [2.24, 2.45) is 10.1 Å². The zero-order valence-electron chi connectivity index (χ0n) is 14.0. The summed E-state index contributed by atoms with van der Waals surface area (Å²) in [7, 11) is 0. The van der Waals surface area contributed by atoms with Crippen LogP contribution in [0.1, 0.15) is 25.1 Å². The van der Waals surface area contributed by atoms with Gasteiger partial charge in [0.25, 0.3) is 5.91 Å². The molecule has 6 nitrogen and oxygen atoms in total. The second-order valence-corrected chi connectivity index (χ2v) is 7.85. The van der Waals surface area contributed by atoms with Gasteiger partial charge in [0, 0.05) is 33.4 Å². The van der Waals surface area contributed by atoms with Crippen LogP contribution < -0.4 is 15.9 Å². The van der Waals surface area contributed by atoms with Crippen molar-refractivity contribution < 1.29 is 4.79 Å². The molecule has 0 saturated heterocycles. The molecule has 1 aromatic heterocycles. The lowest BCUT2D eigenvalue weighted by Gasteiger charge is -2.33. The minimum absolute atomic E-state index is 0.165. The van der Waals surface area contributed by atoms with Crippen LogP contribution in [0.5, 0.6) is 0 Å². The fourth-order valence-corrected chi connectivity index (χ4v) is 3.93. The summed E-state index contributed by atoms with van der Waals surface area (Å²) in [5.74, 6) is 0.723.